The van der Waals surface area contributed by atoms with Gasteiger partial charge >= 0.3 is 0 Å². The molecule has 3 nitrogen and oxygen atoms in total. The van der Waals surface area contributed by atoms with E-state index >= 15 is 0 Å². The molecule has 0 saturated carbocycles. The second kappa shape index (κ2) is 5.29. The van der Waals surface area contributed by atoms with Crippen molar-refractivity contribution in [2.75, 3.05) is 5.32 Å². The van der Waals surface area contributed by atoms with Crippen molar-refractivity contribution in [3.63, 3.8) is 0 Å². The fraction of sp³-hybridized carbons (Fsp3) is 0.154. The van der Waals surface area contributed by atoms with Crippen LogP contribution in [-0.4, -0.2) is 4.98 Å². The van der Waals surface area contributed by atoms with Gasteiger partial charge in [0.1, 0.15) is 5.82 Å². The van der Waals surface area contributed by atoms with Crippen molar-refractivity contribution < 1.29 is 0 Å². The van der Waals surface area contributed by atoms with Gasteiger partial charge < -0.3 is 11.1 Å². The number of hydrogen-bond acceptors (Lipinski definition) is 3. The summed E-state index contributed by atoms with van der Waals surface area (Å²) >= 11 is 3.52. The summed E-state index contributed by atoms with van der Waals surface area (Å²) in [4.78, 5) is 4.30. The Morgan fingerprint density at radius 2 is 2.12 bits per heavy atom. The second-order valence-corrected chi connectivity index (χ2v) is 4.72. The van der Waals surface area contributed by atoms with E-state index in [-0.39, 0.29) is 0 Å². The Morgan fingerprint density at radius 1 is 1.29 bits per heavy atom. The summed E-state index contributed by atoms with van der Waals surface area (Å²) in [5.74, 6) is 0.812. The van der Waals surface area contributed by atoms with Gasteiger partial charge in [-0.15, -0.1) is 0 Å². The molecule has 2 rings (SSSR count). The lowest BCUT2D eigenvalue weighted by Crippen LogP contribution is -1.99. The van der Waals surface area contributed by atoms with E-state index in [1.165, 1.54) is 5.56 Å². The number of benzene rings is 1. The molecule has 0 amide bonds. The average molecular weight is 292 g/mol. The van der Waals surface area contributed by atoms with Gasteiger partial charge in [-0.05, 0) is 52.2 Å². The minimum absolute atomic E-state index is 0.515. The zero-order chi connectivity index (χ0) is 12.3. The number of rotatable bonds is 3. The van der Waals surface area contributed by atoms with Crippen molar-refractivity contribution in [2.24, 2.45) is 5.73 Å². The van der Waals surface area contributed by atoms with E-state index < -0.39 is 0 Å². The van der Waals surface area contributed by atoms with Crippen LogP contribution in [0.1, 0.15) is 11.1 Å². The van der Waals surface area contributed by atoms with E-state index in [4.69, 9.17) is 5.73 Å². The van der Waals surface area contributed by atoms with Crippen LogP contribution in [0.2, 0.25) is 0 Å². The van der Waals surface area contributed by atoms with Crippen molar-refractivity contribution in [2.45, 2.75) is 13.5 Å². The highest BCUT2D eigenvalue weighted by molar-refractivity contribution is 9.10. The summed E-state index contributed by atoms with van der Waals surface area (Å²) in [6, 6.07) is 10.0. The number of aryl methyl sites for hydroxylation is 1. The lowest BCUT2D eigenvalue weighted by molar-refractivity contribution is 1.05. The molecule has 1 aromatic heterocycles. The average Bonchev–Trinajstić information content (AvgIpc) is 2.34. The highest BCUT2D eigenvalue weighted by Crippen LogP contribution is 2.25. The molecule has 88 valence electrons. The van der Waals surface area contributed by atoms with Gasteiger partial charge in [-0.1, -0.05) is 12.1 Å². The number of nitrogens with zero attached hydrogens (tertiary/aromatic N) is 1. The van der Waals surface area contributed by atoms with Crippen LogP contribution in [0.5, 0.6) is 0 Å². The summed E-state index contributed by atoms with van der Waals surface area (Å²) in [5.41, 5.74) is 8.77. The topological polar surface area (TPSA) is 50.9 Å². The predicted octanol–water partition coefficient (Wildman–Crippen LogP) is 3.35. The number of nitrogens with two attached hydrogens (primary N) is 1. The molecule has 0 fully saturated rings. The first-order valence-corrected chi connectivity index (χ1v) is 6.16. The van der Waals surface area contributed by atoms with Crippen LogP contribution in [0.3, 0.4) is 0 Å². The summed E-state index contributed by atoms with van der Waals surface area (Å²) in [5, 5.41) is 3.25. The van der Waals surface area contributed by atoms with Gasteiger partial charge in [-0.25, -0.2) is 4.98 Å². The summed E-state index contributed by atoms with van der Waals surface area (Å²) in [7, 11) is 0. The van der Waals surface area contributed by atoms with Gasteiger partial charge in [0.25, 0.3) is 0 Å². The van der Waals surface area contributed by atoms with Crippen LogP contribution < -0.4 is 11.1 Å². The third-order valence-corrected chi connectivity index (χ3v) is 3.10. The van der Waals surface area contributed by atoms with Crippen molar-refractivity contribution in [3.05, 3.63) is 52.1 Å². The molecule has 3 N–H and O–H groups in total. The molecule has 0 unspecified atom stereocenters. The van der Waals surface area contributed by atoms with Gasteiger partial charge in [0.15, 0.2) is 0 Å². The van der Waals surface area contributed by atoms with Crippen LogP contribution in [0.25, 0.3) is 0 Å². The molecule has 0 spiro atoms. The normalized spacial score (nSPS) is 10.3. The molecule has 2 aromatic rings. The Kier molecular flexibility index (Phi) is 3.76. The maximum absolute atomic E-state index is 5.53. The smallest absolute Gasteiger partial charge is 0.130 e. The third-order valence-electron chi connectivity index (χ3n) is 2.45. The molecule has 0 aliphatic carbocycles. The van der Waals surface area contributed by atoms with Gasteiger partial charge in [0.2, 0.25) is 0 Å². The van der Waals surface area contributed by atoms with Crippen LogP contribution >= 0.6 is 15.9 Å². The maximum atomic E-state index is 5.53. The highest BCUT2D eigenvalue weighted by Gasteiger charge is 2.01. The Balaban J connectivity index is 2.19. The number of aromatic nitrogens is 1. The van der Waals surface area contributed by atoms with Crippen molar-refractivity contribution >= 4 is 27.4 Å². The Bertz CT molecular complexity index is 509. The molecule has 1 aromatic carbocycles. The summed E-state index contributed by atoms with van der Waals surface area (Å²) in [6.07, 6.45) is 1.78. The molecule has 4 heteroatoms. The van der Waals surface area contributed by atoms with Gasteiger partial charge in [-0.3, -0.25) is 0 Å². The molecule has 17 heavy (non-hydrogen) atoms. The van der Waals surface area contributed by atoms with Crippen molar-refractivity contribution in [1.29, 1.82) is 0 Å². The molecule has 0 aliphatic heterocycles. The number of hydrogen-bond donors (Lipinski definition) is 2. The molecule has 0 saturated heterocycles. The van der Waals surface area contributed by atoms with Gasteiger partial charge in [0.05, 0.1) is 5.69 Å². The zero-order valence-electron chi connectivity index (χ0n) is 9.57. The van der Waals surface area contributed by atoms with E-state index in [9.17, 15) is 0 Å². The summed E-state index contributed by atoms with van der Waals surface area (Å²) < 4.78 is 1.03. The molecular weight excluding hydrogens is 278 g/mol. The minimum Gasteiger partial charge on any atom is -0.339 e. The molecule has 0 bridgehead atoms. The quantitative estimate of drug-likeness (QED) is 0.912. The minimum atomic E-state index is 0.515. The number of halogens is 1. The lowest BCUT2D eigenvalue weighted by atomic mass is 10.2. The van der Waals surface area contributed by atoms with E-state index in [1.807, 2.05) is 18.2 Å². The first kappa shape index (κ1) is 12.1. The number of nitrogens with one attached hydrogen (secondary N) is 1. The molecule has 0 aliphatic rings. The van der Waals surface area contributed by atoms with E-state index in [0.717, 1.165) is 21.5 Å². The van der Waals surface area contributed by atoms with Crippen molar-refractivity contribution in [1.82, 2.24) is 4.98 Å². The predicted molar refractivity (Wildman–Crippen MR) is 74.3 cm³/mol. The maximum Gasteiger partial charge on any atom is 0.130 e. The lowest BCUT2D eigenvalue weighted by Gasteiger charge is -2.08. The standard InChI is InChI=1S/C13H14BrN3/c1-9-2-4-12(11(14)6-9)17-13-5-3-10(7-15)8-16-13/h2-6,8H,7,15H2,1H3,(H,16,17). The Morgan fingerprint density at radius 3 is 2.71 bits per heavy atom. The second-order valence-electron chi connectivity index (χ2n) is 3.86. The van der Waals surface area contributed by atoms with Gasteiger partial charge in [0, 0.05) is 17.2 Å². The molecule has 1 heterocycles. The first-order chi connectivity index (χ1) is 8.19. The van der Waals surface area contributed by atoms with Gasteiger partial charge in [-0.2, -0.15) is 0 Å². The Hall–Kier alpha value is -1.39. The van der Waals surface area contributed by atoms with E-state index in [1.54, 1.807) is 6.20 Å². The van der Waals surface area contributed by atoms with Crippen LogP contribution in [0, 0.1) is 6.92 Å². The number of anilines is 2. The molecule has 0 atom stereocenters. The zero-order valence-corrected chi connectivity index (χ0v) is 11.2. The first-order valence-electron chi connectivity index (χ1n) is 5.37. The molecular formula is C13H14BrN3. The van der Waals surface area contributed by atoms with Crippen LogP contribution in [0.15, 0.2) is 41.0 Å². The fourth-order valence-corrected chi connectivity index (χ4v) is 2.07. The van der Waals surface area contributed by atoms with Crippen LogP contribution in [-0.2, 0) is 6.54 Å². The molecule has 0 radical (unpaired) electrons. The number of pyridine rings is 1. The highest BCUT2D eigenvalue weighted by atomic mass is 79.9. The van der Waals surface area contributed by atoms with Crippen LogP contribution in [0.4, 0.5) is 11.5 Å². The Labute approximate surface area is 109 Å². The monoisotopic (exact) mass is 291 g/mol. The van der Waals surface area contributed by atoms with E-state index in [0.29, 0.717) is 6.54 Å². The largest absolute Gasteiger partial charge is 0.339 e. The third kappa shape index (κ3) is 3.05. The fourth-order valence-electron chi connectivity index (χ4n) is 1.48. The van der Waals surface area contributed by atoms with E-state index in [2.05, 4.69) is 45.3 Å². The SMILES string of the molecule is Cc1ccc(Nc2ccc(CN)cn2)c(Br)c1. The van der Waals surface area contributed by atoms with Crippen molar-refractivity contribution in [3.8, 4) is 0 Å². The summed E-state index contributed by atoms with van der Waals surface area (Å²) in [6.45, 7) is 2.57.